The van der Waals surface area contributed by atoms with Gasteiger partial charge >= 0.3 is 0 Å². The number of pyridine rings is 1. The fraction of sp³-hybridized carbons (Fsp3) is 0.357. The van der Waals surface area contributed by atoms with E-state index in [1.807, 2.05) is 13.0 Å². The van der Waals surface area contributed by atoms with Gasteiger partial charge in [-0.1, -0.05) is 11.6 Å². The summed E-state index contributed by atoms with van der Waals surface area (Å²) in [6, 6.07) is 3.43. The van der Waals surface area contributed by atoms with Crippen molar-refractivity contribution in [1.82, 2.24) is 4.98 Å². The van der Waals surface area contributed by atoms with Gasteiger partial charge in [0, 0.05) is 11.1 Å². The third-order valence-electron chi connectivity index (χ3n) is 3.39. The Morgan fingerprint density at radius 3 is 2.82 bits per heavy atom. The Bertz CT molecular complexity index is 607. The van der Waals surface area contributed by atoms with Gasteiger partial charge in [-0.3, -0.25) is 0 Å². The Labute approximate surface area is 105 Å². The maximum atomic E-state index is 13.9. The highest BCUT2D eigenvalue weighted by Crippen LogP contribution is 2.34. The van der Waals surface area contributed by atoms with Crippen molar-refractivity contribution in [2.45, 2.75) is 32.6 Å². The molecule has 1 heterocycles. The Morgan fingerprint density at radius 1 is 1.24 bits per heavy atom. The lowest BCUT2D eigenvalue weighted by Crippen LogP contribution is -2.07. The second-order valence-corrected chi connectivity index (χ2v) is 5.08. The van der Waals surface area contributed by atoms with E-state index in [-0.39, 0.29) is 5.82 Å². The van der Waals surface area contributed by atoms with Crippen LogP contribution in [-0.4, -0.2) is 4.98 Å². The van der Waals surface area contributed by atoms with Gasteiger partial charge in [-0.05, 0) is 55.9 Å². The lowest BCUT2D eigenvalue weighted by molar-refractivity contribution is 0.631. The van der Waals surface area contributed by atoms with Gasteiger partial charge in [0.15, 0.2) is 0 Å². The molecule has 0 aliphatic heterocycles. The molecule has 1 aliphatic rings. The lowest BCUT2D eigenvalue weighted by atomic mass is 9.94. The molecule has 0 spiro atoms. The normalized spacial score (nSPS) is 15.0. The number of hydrogen-bond donors (Lipinski definition) is 0. The largest absolute Gasteiger partial charge is 0.249 e. The zero-order valence-electron chi connectivity index (χ0n) is 9.69. The summed E-state index contributed by atoms with van der Waals surface area (Å²) in [7, 11) is 0. The first-order valence-corrected chi connectivity index (χ1v) is 6.31. The minimum atomic E-state index is -0.268. The number of fused-ring (bicyclic) bond motifs is 2. The predicted molar refractivity (Wildman–Crippen MR) is 68.1 cm³/mol. The molecule has 1 aromatic carbocycles. The van der Waals surface area contributed by atoms with Crippen molar-refractivity contribution in [2.75, 3.05) is 0 Å². The minimum Gasteiger partial charge on any atom is -0.249 e. The number of rotatable bonds is 0. The summed E-state index contributed by atoms with van der Waals surface area (Å²) in [4.78, 5) is 4.46. The molecule has 0 saturated heterocycles. The number of aryl methyl sites for hydroxylation is 2. The monoisotopic (exact) mass is 249 g/mol. The van der Waals surface area contributed by atoms with Crippen molar-refractivity contribution < 1.29 is 4.39 Å². The molecule has 1 nitrogen and oxygen atoms in total. The van der Waals surface area contributed by atoms with Crippen LogP contribution in [-0.2, 0) is 12.8 Å². The zero-order valence-corrected chi connectivity index (χ0v) is 10.4. The summed E-state index contributed by atoms with van der Waals surface area (Å²) < 4.78 is 13.9. The molecular formula is C14H13ClFN. The lowest BCUT2D eigenvalue weighted by Gasteiger charge is -2.18. The Balaban J connectivity index is 2.40. The maximum Gasteiger partial charge on any atom is 0.149 e. The highest BCUT2D eigenvalue weighted by molar-refractivity contribution is 6.36. The third kappa shape index (κ3) is 1.71. The van der Waals surface area contributed by atoms with Gasteiger partial charge in [-0.25, -0.2) is 9.37 Å². The molecule has 88 valence electrons. The molecule has 0 atom stereocenters. The zero-order chi connectivity index (χ0) is 12.0. The van der Waals surface area contributed by atoms with Crippen LogP contribution in [0.5, 0.6) is 0 Å². The SMILES string of the molecule is Cc1cc(F)c2nc3c(c(Cl)c2c1)CCCC3. The van der Waals surface area contributed by atoms with Gasteiger partial charge in [0.2, 0.25) is 0 Å². The van der Waals surface area contributed by atoms with E-state index < -0.39 is 0 Å². The summed E-state index contributed by atoms with van der Waals surface area (Å²) in [6.45, 7) is 1.87. The van der Waals surface area contributed by atoms with Crippen LogP contribution in [0.1, 0.15) is 29.7 Å². The first kappa shape index (κ1) is 11.0. The van der Waals surface area contributed by atoms with Crippen molar-refractivity contribution in [3.63, 3.8) is 0 Å². The van der Waals surface area contributed by atoms with E-state index >= 15 is 0 Å². The van der Waals surface area contributed by atoms with E-state index in [1.54, 1.807) is 0 Å². The maximum absolute atomic E-state index is 13.9. The smallest absolute Gasteiger partial charge is 0.149 e. The Morgan fingerprint density at radius 2 is 2.00 bits per heavy atom. The number of hydrogen-bond acceptors (Lipinski definition) is 1. The van der Waals surface area contributed by atoms with E-state index in [2.05, 4.69) is 4.98 Å². The van der Waals surface area contributed by atoms with Crippen LogP contribution in [0.2, 0.25) is 5.02 Å². The second kappa shape index (κ2) is 3.95. The molecule has 0 saturated carbocycles. The van der Waals surface area contributed by atoms with Crippen LogP contribution in [0.3, 0.4) is 0 Å². The van der Waals surface area contributed by atoms with Gasteiger partial charge in [-0.15, -0.1) is 0 Å². The first-order chi connectivity index (χ1) is 8.16. The molecule has 0 amide bonds. The van der Waals surface area contributed by atoms with Crippen molar-refractivity contribution >= 4 is 22.5 Å². The van der Waals surface area contributed by atoms with Gasteiger partial charge in [0.25, 0.3) is 0 Å². The number of aromatic nitrogens is 1. The molecule has 3 rings (SSSR count). The third-order valence-corrected chi connectivity index (χ3v) is 3.83. The topological polar surface area (TPSA) is 12.9 Å². The van der Waals surface area contributed by atoms with E-state index in [0.717, 1.165) is 47.9 Å². The minimum absolute atomic E-state index is 0.268. The molecule has 1 aliphatic carbocycles. The highest BCUT2D eigenvalue weighted by atomic mass is 35.5. The summed E-state index contributed by atoms with van der Waals surface area (Å²) in [5.74, 6) is -0.268. The van der Waals surface area contributed by atoms with Gasteiger partial charge < -0.3 is 0 Å². The molecule has 2 aromatic rings. The van der Waals surface area contributed by atoms with Crippen molar-refractivity contribution in [3.8, 4) is 0 Å². The van der Waals surface area contributed by atoms with Crippen molar-refractivity contribution in [1.29, 1.82) is 0 Å². The molecule has 17 heavy (non-hydrogen) atoms. The number of nitrogens with zero attached hydrogens (tertiary/aromatic N) is 1. The number of benzene rings is 1. The van der Waals surface area contributed by atoms with Crippen molar-refractivity contribution in [3.05, 3.63) is 39.8 Å². The van der Waals surface area contributed by atoms with Crippen LogP contribution in [0, 0.1) is 12.7 Å². The molecule has 3 heteroatoms. The summed E-state index contributed by atoms with van der Waals surface area (Å²) in [6.07, 6.45) is 4.15. The van der Waals surface area contributed by atoms with Gasteiger partial charge in [-0.2, -0.15) is 0 Å². The summed E-state index contributed by atoms with van der Waals surface area (Å²) in [5.41, 5.74) is 3.41. The fourth-order valence-corrected chi connectivity index (χ4v) is 2.91. The summed E-state index contributed by atoms with van der Waals surface area (Å²) in [5, 5.41) is 1.46. The van der Waals surface area contributed by atoms with Gasteiger partial charge in [0.1, 0.15) is 11.3 Å². The van der Waals surface area contributed by atoms with E-state index in [1.165, 1.54) is 6.07 Å². The number of halogens is 2. The molecule has 0 unspecified atom stereocenters. The van der Waals surface area contributed by atoms with Crippen LogP contribution < -0.4 is 0 Å². The second-order valence-electron chi connectivity index (χ2n) is 4.70. The van der Waals surface area contributed by atoms with E-state index in [0.29, 0.717) is 10.5 Å². The first-order valence-electron chi connectivity index (χ1n) is 5.94. The molecule has 0 radical (unpaired) electrons. The molecule has 0 N–H and O–H groups in total. The Kier molecular flexibility index (Phi) is 2.55. The average molecular weight is 250 g/mol. The molecule has 0 fully saturated rings. The van der Waals surface area contributed by atoms with E-state index in [4.69, 9.17) is 11.6 Å². The molecule has 1 aromatic heterocycles. The average Bonchev–Trinajstić information content (AvgIpc) is 2.31. The fourth-order valence-electron chi connectivity index (χ4n) is 2.56. The highest BCUT2D eigenvalue weighted by Gasteiger charge is 2.18. The summed E-state index contributed by atoms with van der Waals surface area (Å²) >= 11 is 6.40. The van der Waals surface area contributed by atoms with E-state index in [9.17, 15) is 4.39 Å². The quantitative estimate of drug-likeness (QED) is 0.681. The Hall–Kier alpha value is -1.15. The standard InChI is InChI=1S/C14H13ClFN/c1-8-6-10-13(15)9-4-2-3-5-12(9)17-14(10)11(16)7-8/h6-7H,2-5H2,1H3. The molecule has 0 bridgehead atoms. The van der Waals surface area contributed by atoms with Crippen LogP contribution in [0.15, 0.2) is 12.1 Å². The predicted octanol–water partition coefficient (Wildman–Crippen LogP) is 4.21. The van der Waals surface area contributed by atoms with Crippen LogP contribution in [0.25, 0.3) is 10.9 Å². The molecular weight excluding hydrogens is 237 g/mol. The van der Waals surface area contributed by atoms with Gasteiger partial charge in [0.05, 0.1) is 5.02 Å². The van der Waals surface area contributed by atoms with Crippen molar-refractivity contribution in [2.24, 2.45) is 0 Å². The van der Waals surface area contributed by atoms with Crippen LogP contribution in [0.4, 0.5) is 4.39 Å². The van der Waals surface area contributed by atoms with Crippen LogP contribution >= 0.6 is 11.6 Å².